The van der Waals surface area contributed by atoms with E-state index < -0.39 is 11.7 Å². The van der Waals surface area contributed by atoms with E-state index in [9.17, 15) is 13.2 Å². The van der Waals surface area contributed by atoms with Crippen LogP contribution >= 0.6 is 0 Å². The highest BCUT2D eigenvalue weighted by Gasteiger charge is 2.37. The van der Waals surface area contributed by atoms with Crippen LogP contribution in [0.15, 0.2) is 48.5 Å². The standard InChI is InChI=1S/C22H26F3N3/c23-22(24,25)18-3-1-2-17(12-18)15-4-6-16(7-5-15)20-13-21(20)27-9-11-28-10-8-19(26)14-28/h1-7,12,19-21,27H,8-11,13-14,26H2/t19?,20-,21+/m0/s1. The van der Waals surface area contributed by atoms with Crippen molar-refractivity contribution in [3.8, 4) is 11.1 Å². The van der Waals surface area contributed by atoms with Gasteiger partial charge in [0, 0.05) is 37.6 Å². The van der Waals surface area contributed by atoms with Gasteiger partial charge in [0.15, 0.2) is 0 Å². The van der Waals surface area contributed by atoms with E-state index in [1.165, 1.54) is 17.7 Å². The molecule has 3 nitrogen and oxygen atoms in total. The predicted molar refractivity (Wildman–Crippen MR) is 105 cm³/mol. The van der Waals surface area contributed by atoms with Crippen LogP contribution in [0.2, 0.25) is 0 Å². The van der Waals surface area contributed by atoms with Gasteiger partial charge < -0.3 is 16.0 Å². The van der Waals surface area contributed by atoms with E-state index in [-0.39, 0.29) is 0 Å². The molecule has 3 atom stereocenters. The molecule has 0 spiro atoms. The molecule has 1 aliphatic heterocycles. The second kappa shape index (κ2) is 7.85. The first-order valence-corrected chi connectivity index (χ1v) is 9.89. The van der Waals surface area contributed by atoms with Gasteiger partial charge in [-0.05, 0) is 48.2 Å². The van der Waals surface area contributed by atoms with Gasteiger partial charge in [0.05, 0.1) is 5.56 Å². The topological polar surface area (TPSA) is 41.3 Å². The minimum atomic E-state index is -4.32. The zero-order chi connectivity index (χ0) is 19.7. The predicted octanol–water partition coefficient (Wildman–Crippen LogP) is 3.85. The van der Waals surface area contributed by atoms with Crippen LogP contribution in [0.25, 0.3) is 11.1 Å². The molecule has 1 unspecified atom stereocenters. The van der Waals surface area contributed by atoms with E-state index in [0.717, 1.165) is 50.7 Å². The zero-order valence-corrected chi connectivity index (χ0v) is 15.8. The second-order valence-electron chi connectivity index (χ2n) is 7.95. The summed E-state index contributed by atoms with van der Waals surface area (Å²) in [5.41, 5.74) is 7.97. The Hall–Kier alpha value is -1.89. The number of benzene rings is 2. The Morgan fingerprint density at radius 3 is 2.54 bits per heavy atom. The highest BCUT2D eigenvalue weighted by molar-refractivity contribution is 5.65. The average molecular weight is 389 g/mol. The van der Waals surface area contributed by atoms with Crippen LogP contribution in [0.4, 0.5) is 13.2 Å². The first-order chi connectivity index (χ1) is 13.4. The summed E-state index contributed by atoms with van der Waals surface area (Å²) in [4.78, 5) is 2.40. The molecule has 1 heterocycles. The van der Waals surface area contributed by atoms with Crippen molar-refractivity contribution in [3.63, 3.8) is 0 Å². The number of hydrogen-bond donors (Lipinski definition) is 2. The Bertz CT molecular complexity index is 803. The normalized spacial score (nSPS) is 25.2. The SMILES string of the molecule is NC1CCN(CCN[C@@H]2C[C@H]2c2ccc(-c3cccc(C(F)(F)F)c3)cc2)C1. The van der Waals surface area contributed by atoms with Gasteiger partial charge in [-0.1, -0.05) is 36.4 Å². The number of halogens is 3. The number of nitrogens with one attached hydrogen (secondary N) is 1. The molecule has 4 rings (SSSR count). The van der Waals surface area contributed by atoms with Crippen molar-refractivity contribution in [1.82, 2.24) is 10.2 Å². The summed E-state index contributed by atoms with van der Waals surface area (Å²) in [6.07, 6.45) is -2.12. The molecular formula is C22H26F3N3. The summed E-state index contributed by atoms with van der Waals surface area (Å²) in [6, 6.07) is 14.2. The van der Waals surface area contributed by atoms with Gasteiger partial charge in [-0.25, -0.2) is 0 Å². The van der Waals surface area contributed by atoms with Gasteiger partial charge in [0.1, 0.15) is 0 Å². The molecule has 2 fully saturated rings. The fourth-order valence-electron chi connectivity index (χ4n) is 4.06. The minimum Gasteiger partial charge on any atom is -0.326 e. The molecule has 2 aliphatic rings. The van der Waals surface area contributed by atoms with Gasteiger partial charge in [-0.15, -0.1) is 0 Å². The van der Waals surface area contributed by atoms with Crippen molar-refractivity contribution in [2.45, 2.75) is 37.0 Å². The van der Waals surface area contributed by atoms with E-state index >= 15 is 0 Å². The fraction of sp³-hybridized carbons (Fsp3) is 0.455. The number of rotatable bonds is 6. The molecule has 6 heteroatoms. The Morgan fingerprint density at radius 1 is 1.07 bits per heavy atom. The van der Waals surface area contributed by atoms with Gasteiger partial charge in [0.2, 0.25) is 0 Å². The summed E-state index contributed by atoms with van der Waals surface area (Å²) >= 11 is 0. The molecule has 2 aromatic rings. The summed E-state index contributed by atoms with van der Waals surface area (Å²) < 4.78 is 38.7. The van der Waals surface area contributed by atoms with Crippen LogP contribution in [0.1, 0.15) is 29.9 Å². The van der Waals surface area contributed by atoms with E-state index in [0.29, 0.717) is 23.6 Å². The summed E-state index contributed by atoms with van der Waals surface area (Å²) in [7, 11) is 0. The van der Waals surface area contributed by atoms with Crippen LogP contribution in [0.5, 0.6) is 0 Å². The number of likely N-dealkylation sites (tertiary alicyclic amines) is 1. The molecule has 1 aliphatic carbocycles. The van der Waals surface area contributed by atoms with Crippen LogP contribution in [0, 0.1) is 0 Å². The monoisotopic (exact) mass is 389 g/mol. The van der Waals surface area contributed by atoms with Gasteiger partial charge in [-0.2, -0.15) is 13.2 Å². The van der Waals surface area contributed by atoms with Crippen molar-refractivity contribution in [3.05, 3.63) is 59.7 Å². The second-order valence-corrected chi connectivity index (χ2v) is 7.95. The Labute approximate surface area is 163 Å². The molecule has 3 N–H and O–H groups in total. The molecule has 150 valence electrons. The quantitative estimate of drug-likeness (QED) is 0.789. The highest BCUT2D eigenvalue weighted by atomic mass is 19.4. The Kier molecular flexibility index (Phi) is 5.45. The number of alkyl halides is 3. The average Bonchev–Trinajstić information content (AvgIpc) is 3.33. The lowest BCUT2D eigenvalue weighted by Gasteiger charge is -2.15. The molecule has 2 aromatic carbocycles. The number of nitrogens with zero attached hydrogens (tertiary/aromatic N) is 1. The highest BCUT2D eigenvalue weighted by Crippen LogP contribution is 2.41. The minimum absolute atomic E-state index is 0.323. The third-order valence-corrected chi connectivity index (χ3v) is 5.80. The molecule has 0 bridgehead atoms. The lowest BCUT2D eigenvalue weighted by atomic mass is 10.0. The Balaban J connectivity index is 1.31. The first-order valence-electron chi connectivity index (χ1n) is 9.89. The summed E-state index contributed by atoms with van der Waals surface area (Å²) in [5.74, 6) is 0.497. The van der Waals surface area contributed by atoms with Crippen LogP contribution in [0.3, 0.4) is 0 Å². The van der Waals surface area contributed by atoms with Gasteiger partial charge in [-0.3, -0.25) is 0 Å². The smallest absolute Gasteiger partial charge is 0.326 e. The van der Waals surface area contributed by atoms with Crippen molar-refractivity contribution in [1.29, 1.82) is 0 Å². The van der Waals surface area contributed by atoms with Crippen molar-refractivity contribution in [2.75, 3.05) is 26.2 Å². The largest absolute Gasteiger partial charge is 0.416 e. The van der Waals surface area contributed by atoms with Crippen molar-refractivity contribution < 1.29 is 13.2 Å². The van der Waals surface area contributed by atoms with Crippen molar-refractivity contribution in [2.24, 2.45) is 5.73 Å². The van der Waals surface area contributed by atoms with E-state index in [1.54, 1.807) is 6.07 Å². The van der Waals surface area contributed by atoms with Crippen LogP contribution in [-0.2, 0) is 6.18 Å². The molecule has 1 saturated carbocycles. The zero-order valence-electron chi connectivity index (χ0n) is 15.8. The van der Waals surface area contributed by atoms with E-state index in [4.69, 9.17) is 5.73 Å². The first kappa shape index (κ1) is 19.4. The third-order valence-electron chi connectivity index (χ3n) is 5.80. The summed E-state index contributed by atoms with van der Waals surface area (Å²) in [5, 5.41) is 3.61. The van der Waals surface area contributed by atoms with Crippen molar-refractivity contribution >= 4 is 0 Å². The lowest BCUT2D eigenvalue weighted by molar-refractivity contribution is -0.137. The van der Waals surface area contributed by atoms with E-state index in [1.807, 2.05) is 24.3 Å². The summed E-state index contributed by atoms with van der Waals surface area (Å²) in [6.45, 7) is 4.09. The van der Waals surface area contributed by atoms with Gasteiger partial charge in [0.25, 0.3) is 0 Å². The van der Waals surface area contributed by atoms with Crippen LogP contribution < -0.4 is 11.1 Å². The molecule has 28 heavy (non-hydrogen) atoms. The lowest BCUT2D eigenvalue weighted by Crippen LogP contribution is -2.33. The molecular weight excluding hydrogens is 363 g/mol. The number of nitrogens with two attached hydrogens (primary N) is 1. The maximum atomic E-state index is 12.9. The maximum Gasteiger partial charge on any atom is 0.416 e. The molecule has 1 saturated heterocycles. The molecule has 0 aromatic heterocycles. The molecule has 0 radical (unpaired) electrons. The van der Waals surface area contributed by atoms with Crippen LogP contribution in [-0.4, -0.2) is 43.2 Å². The third kappa shape index (κ3) is 4.57. The number of hydrogen-bond acceptors (Lipinski definition) is 3. The maximum absolute atomic E-state index is 12.9. The van der Waals surface area contributed by atoms with Gasteiger partial charge >= 0.3 is 6.18 Å². The molecule has 0 amide bonds. The fourth-order valence-corrected chi connectivity index (χ4v) is 4.06. The van der Waals surface area contributed by atoms with E-state index in [2.05, 4.69) is 10.2 Å². The Morgan fingerprint density at radius 2 is 1.86 bits per heavy atom.